The van der Waals surface area contributed by atoms with Crippen LogP contribution in [-0.2, 0) is 4.74 Å². The Labute approximate surface area is 143 Å². The van der Waals surface area contributed by atoms with Gasteiger partial charge in [0.2, 0.25) is 0 Å². The normalized spacial score (nSPS) is 17.1. The van der Waals surface area contributed by atoms with Gasteiger partial charge in [-0.05, 0) is 58.7 Å². The van der Waals surface area contributed by atoms with E-state index in [4.69, 9.17) is 4.74 Å². The second-order valence-corrected chi connectivity index (χ2v) is 6.31. The predicted octanol–water partition coefficient (Wildman–Crippen LogP) is 2.57. The molecule has 1 N–H and O–H groups in total. The van der Waals surface area contributed by atoms with Crippen LogP contribution in [0.3, 0.4) is 0 Å². The molecule has 0 aliphatic carbocycles. The van der Waals surface area contributed by atoms with Gasteiger partial charge in [0.15, 0.2) is 5.96 Å². The van der Waals surface area contributed by atoms with Crippen molar-refractivity contribution >= 4 is 5.96 Å². The van der Waals surface area contributed by atoms with Crippen LogP contribution >= 0.6 is 0 Å². The highest BCUT2D eigenvalue weighted by molar-refractivity contribution is 5.79. The summed E-state index contributed by atoms with van der Waals surface area (Å²) >= 11 is 0. The zero-order valence-electron chi connectivity index (χ0n) is 15.8. The summed E-state index contributed by atoms with van der Waals surface area (Å²) < 4.78 is 5.72. The minimum Gasteiger partial charge on any atom is -0.378 e. The molecular formula is C18H38N4O. The monoisotopic (exact) mass is 326 g/mol. The van der Waals surface area contributed by atoms with Crippen LogP contribution in [0.5, 0.6) is 0 Å². The predicted molar refractivity (Wildman–Crippen MR) is 99.2 cm³/mol. The summed E-state index contributed by atoms with van der Waals surface area (Å²) in [5, 5.41) is 3.53. The van der Waals surface area contributed by atoms with E-state index in [2.05, 4.69) is 40.9 Å². The molecule has 5 heteroatoms. The van der Waals surface area contributed by atoms with E-state index in [0.29, 0.717) is 6.10 Å². The van der Waals surface area contributed by atoms with Crippen LogP contribution < -0.4 is 5.32 Å². The molecule has 1 aliphatic rings. The lowest BCUT2D eigenvalue weighted by atomic mass is 10.1. The van der Waals surface area contributed by atoms with Crippen LogP contribution in [0.1, 0.15) is 52.9 Å². The minimum absolute atomic E-state index is 0.436. The van der Waals surface area contributed by atoms with Crippen molar-refractivity contribution in [1.29, 1.82) is 0 Å². The average molecular weight is 327 g/mol. The number of aliphatic imine (C=N–C) groups is 1. The number of nitrogens with zero attached hydrogens (tertiary/aromatic N) is 3. The first-order chi connectivity index (χ1) is 11.2. The Morgan fingerprint density at radius 2 is 1.78 bits per heavy atom. The van der Waals surface area contributed by atoms with Crippen LogP contribution in [0, 0.1) is 0 Å². The van der Waals surface area contributed by atoms with Crippen LogP contribution in [0.4, 0.5) is 0 Å². The van der Waals surface area contributed by atoms with Crippen molar-refractivity contribution in [3.05, 3.63) is 0 Å². The number of ether oxygens (including phenoxy) is 1. The largest absolute Gasteiger partial charge is 0.378 e. The van der Waals surface area contributed by atoms with Gasteiger partial charge in [-0.15, -0.1) is 0 Å². The Morgan fingerprint density at radius 3 is 2.30 bits per heavy atom. The van der Waals surface area contributed by atoms with Gasteiger partial charge in [0.05, 0.1) is 6.10 Å². The van der Waals surface area contributed by atoms with E-state index in [0.717, 1.165) is 45.0 Å². The van der Waals surface area contributed by atoms with Gasteiger partial charge in [-0.25, -0.2) is 0 Å². The van der Waals surface area contributed by atoms with Gasteiger partial charge in [-0.2, -0.15) is 0 Å². The fourth-order valence-electron chi connectivity index (χ4n) is 3.27. The molecule has 5 nitrogen and oxygen atoms in total. The van der Waals surface area contributed by atoms with Crippen molar-refractivity contribution in [2.75, 3.05) is 52.9 Å². The number of likely N-dealkylation sites (tertiary alicyclic amines) is 1. The van der Waals surface area contributed by atoms with Gasteiger partial charge in [-0.3, -0.25) is 4.99 Å². The number of nitrogens with one attached hydrogen (secondary N) is 1. The average Bonchev–Trinajstić information content (AvgIpc) is 2.56. The first-order valence-corrected chi connectivity index (χ1v) is 9.54. The molecule has 0 radical (unpaired) electrons. The summed E-state index contributed by atoms with van der Waals surface area (Å²) in [4.78, 5) is 9.38. The van der Waals surface area contributed by atoms with E-state index >= 15 is 0 Å². The Balaban J connectivity index is 2.24. The molecule has 0 spiro atoms. The van der Waals surface area contributed by atoms with E-state index < -0.39 is 0 Å². The molecule has 1 saturated heterocycles. The zero-order valence-corrected chi connectivity index (χ0v) is 15.8. The fraction of sp³-hybridized carbons (Fsp3) is 0.944. The lowest BCUT2D eigenvalue weighted by Crippen LogP contribution is -2.47. The van der Waals surface area contributed by atoms with E-state index in [-0.39, 0.29) is 0 Å². The molecule has 0 saturated carbocycles. The molecule has 1 heterocycles. The van der Waals surface area contributed by atoms with Gasteiger partial charge in [-0.1, -0.05) is 13.8 Å². The highest BCUT2D eigenvalue weighted by Gasteiger charge is 2.21. The number of hydrogen-bond donors (Lipinski definition) is 1. The smallest absolute Gasteiger partial charge is 0.193 e. The summed E-state index contributed by atoms with van der Waals surface area (Å²) in [6.45, 7) is 14.1. The van der Waals surface area contributed by atoms with Crippen molar-refractivity contribution < 1.29 is 4.74 Å². The number of rotatable bonds is 10. The van der Waals surface area contributed by atoms with Gasteiger partial charge in [0.1, 0.15) is 0 Å². The van der Waals surface area contributed by atoms with Gasteiger partial charge in [0, 0.05) is 33.3 Å². The molecule has 23 heavy (non-hydrogen) atoms. The van der Waals surface area contributed by atoms with Crippen LogP contribution in [0.2, 0.25) is 0 Å². The second kappa shape index (κ2) is 12.6. The third-order valence-corrected chi connectivity index (χ3v) is 4.37. The van der Waals surface area contributed by atoms with Gasteiger partial charge >= 0.3 is 0 Å². The molecule has 0 bridgehead atoms. The van der Waals surface area contributed by atoms with Crippen molar-refractivity contribution in [2.45, 2.75) is 59.0 Å². The Kier molecular flexibility index (Phi) is 11.1. The maximum absolute atomic E-state index is 5.72. The molecule has 136 valence electrons. The Bertz CT molecular complexity index is 308. The molecule has 1 rings (SSSR count). The highest BCUT2D eigenvalue weighted by atomic mass is 16.5. The Hall–Kier alpha value is -0.810. The van der Waals surface area contributed by atoms with Crippen LogP contribution in [0.25, 0.3) is 0 Å². The van der Waals surface area contributed by atoms with Crippen LogP contribution in [-0.4, -0.2) is 74.8 Å². The molecule has 0 aromatic carbocycles. The lowest BCUT2D eigenvalue weighted by molar-refractivity contribution is 0.0264. The molecule has 0 amide bonds. The van der Waals surface area contributed by atoms with E-state index in [1.807, 2.05) is 7.05 Å². The Morgan fingerprint density at radius 1 is 1.13 bits per heavy atom. The van der Waals surface area contributed by atoms with E-state index in [1.165, 1.54) is 38.9 Å². The first-order valence-electron chi connectivity index (χ1n) is 9.54. The quantitative estimate of drug-likeness (QED) is 0.380. The SMILES string of the molecule is CCCN(CCC)CCCNC(=NC)N1CCC(OCC)CC1. The van der Waals surface area contributed by atoms with Gasteiger partial charge in [0.25, 0.3) is 0 Å². The van der Waals surface area contributed by atoms with Crippen molar-refractivity contribution in [1.82, 2.24) is 15.1 Å². The third-order valence-electron chi connectivity index (χ3n) is 4.37. The molecule has 0 atom stereocenters. The fourth-order valence-corrected chi connectivity index (χ4v) is 3.27. The topological polar surface area (TPSA) is 40.1 Å². The van der Waals surface area contributed by atoms with E-state index in [9.17, 15) is 0 Å². The van der Waals surface area contributed by atoms with Crippen molar-refractivity contribution in [2.24, 2.45) is 4.99 Å². The van der Waals surface area contributed by atoms with Gasteiger partial charge < -0.3 is 19.9 Å². The molecule has 1 aliphatic heterocycles. The number of hydrogen-bond acceptors (Lipinski definition) is 3. The van der Waals surface area contributed by atoms with Crippen molar-refractivity contribution in [3.8, 4) is 0 Å². The van der Waals surface area contributed by atoms with Crippen LogP contribution in [0.15, 0.2) is 4.99 Å². The lowest BCUT2D eigenvalue weighted by Gasteiger charge is -2.34. The maximum atomic E-state index is 5.72. The van der Waals surface area contributed by atoms with E-state index in [1.54, 1.807) is 0 Å². The second-order valence-electron chi connectivity index (χ2n) is 6.31. The summed E-state index contributed by atoms with van der Waals surface area (Å²) in [5.41, 5.74) is 0. The first kappa shape index (κ1) is 20.2. The third kappa shape index (κ3) is 8.02. The molecule has 0 unspecified atom stereocenters. The number of guanidine groups is 1. The molecule has 1 fully saturated rings. The summed E-state index contributed by atoms with van der Waals surface area (Å²) in [6, 6.07) is 0. The summed E-state index contributed by atoms with van der Waals surface area (Å²) in [5.74, 6) is 1.05. The van der Waals surface area contributed by atoms with Crippen molar-refractivity contribution in [3.63, 3.8) is 0 Å². The molecular weight excluding hydrogens is 288 g/mol. The molecule has 0 aromatic heterocycles. The minimum atomic E-state index is 0.436. The molecule has 0 aromatic rings. The summed E-state index contributed by atoms with van der Waals surface area (Å²) in [7, 11) is 1.89. The standard InChI is InChI=1S/C18H38N4O/c1-5-12-21(13-6-2)14-8-11-20-18(19-4)22-15-9-17(10-16-22)23-7-3/h17H,5-16H2,1-4H3,(H,19,20). The highest BCUT2D eigenvalue weighted by Crippen LogP contribution is 2.13. The summed E-state index contributed by atoms with van der Waals surface area (Å²) in [6.07, 6.45) is 6.30. The zero-order chi connectivity index (χ0) is 16.9. The number of piperidine rings is 1. The maximum Gasteiger partial charge on any atom is 0.193 e.